The van der Waals surface area contributed by atoms with E-state index in [2.05, 4.69) is 4.99 Å². The topological polar surface area (TPSA) is 41.9 Å². The number of amides is 1. The minimum absolute atomic E-state index is 0.0322. The van der Waals surface area contributed by atoms with Gasteiger partial charge in [-0.05, 0) is 49.9 Å². The summed E-state index contributed by atoms with van der Waals surface area (Å²) < 4.78 is 46.8. The molecule has 0 aromatic heterocycles. The Bertz CT molecular complexity index is 969. The van der Waals surface area contributed by atoms with Gasteiger partial charge in [0.25, 0.3) is 5.91 Å². The first-order valence-electron chi connectivity index (χ1n) is 10.8. The fraction of sp³-hybridized carbons (Fsp3) is 0.440. The number of hydrogen-bond donors (Lipinski definition) is 0. The summed E-state index contributed by atoms with van der Waals surface area (Å²) in [4.78, 5) is 19.1. The van der Waals surface area contributed by atoms with Crippen LogP contribution in [0.1, 0.15) is 50.8 Å². The van der Waals surface area contributed by atoms with E-state index in [1.807, 2.05) is 58.0 Å². The predicted octanol–water partition coefficient (Wildman–Crippen LogP) is 5.74. The van der Waals surface area contributed by atoms with E-state index in [0.717, 1.165) is 11.6 Å². The molecule has 4 nitrogen and oxygen atoms in total. The number of ether oxygens (including phenoxy) is 1. The number of rotatable bonds is 9. The molecular weight excluding hydrogens is 417 g/mol. The monoisotopic (exact) mass is 446 g/mol. The highest BCUT2D eigenvalue weighted by Crippen LogP contribution is 2.36. The van der Waals surface area contributed by atoms with Crippen molar-refractivity contribution in [3.05, 3.63) is 65.2 Å². The summed E-state index contributed by atoms with van der Waals surface area (Å²) in [5.74, 6) is -0.0802. The molecule has 172 valence electrons. The van der Waals surface area contributed by atoms with Crippen molar-refractivity contribution in [2.75, 3.05) is 6.54 Å². The Hall–Kier alpha value is -2.83. The van der Waals surface area contributed by atoms with Gasteiger partial charge in [0.15, 0.2) is 6.10 Å². The lowest BCUT2D eigenvalue weighted by Gasteiger charge is -2.32. The Balaban J connectivity index is 1.87. The normalized spacial score (nSPS) is 14.3. The molecule has 0 bridgehead atoms. The zero-order valence-corrected chi connectivity index (χ0v) is 18.8. The minimum Gasteiger partial charge on any atom is -0.481 e. The van der Waals surface area contributed by atoms with Crippen LogP contribution in [0.2, 0.25) is 0 Å². The lowest BCUT2D eigenvalue weighted by atomic mass is 10.0. The SMILES string of the molecule is CC(C)CC(Oc1ccc(C2=NC2)c(C(F)(F)F)c1)C(=O)N(Cc1ccccc1)C(C)C. The Morgan fingerprint density at radius 1 is 1.09 bits per heavy atom. The predicted molar refractivity (Wildman–Crippen MR) is 119 cm³/mol. The van der Waals surface area contributed by atoms with Gasteiger partial charge in [-0.1, -0.05) is 44.2 Å². The quantitative estimate of drug-likeness (QED) is 0.493. The van der Waals surface area contributed by atoms with Gasteiger partial charge in [-0.2, -0.15) is 13.2 Å². The summed E-state index contributed by atoms with van der Waals surface area (Å²) in [6, 6.07) is 13.4. The van der Waals surface area contributed by atoms with E-state index < -0.39 is 17.8 Å². The van der Waals surface area contributed by atoms with E-state index in [0.29, 0.717) is 25.2 Å². The van der Waals surface area contributed by atoms with Crippen LogP contribution in [0.4, 0.5) is 13.2 Å². The van der Waals surface area contributed by atoms with Crippen molar-refractivity contribution in [1.29, 1.82) is 0 Å². The Morgan fingerprint density at radius 2 is 1.75 bits per heavy atom. The first kappa shape index (κ1) is 23.8. The molecular formula is C25H29F3N2O2. The third-order valence-corrected chi connectivity index (χ3v) is 5.26. The second-order valence-corrected chi connectivity index (χ2v) is 8.75. The number of halogens is 3. The van der Waals surface area contributed by atoms with Crippen molar-refractivity contribution in [2.24, 2.45) is 10.9 Å². The Kier molecular flexibility index (Phi) is 7.26. The summed E-state index contributed by atoms with van der Waals surface area (Å²) in [6.07, 6.45) is -5.02. The summed E-state index contributed by atoms with van der Waals surface area (Å²) in [5.41, 5.74) is 0.704. The van der Waals surface area contributed by atoms with Gasteiger partial charge in [0.1, 0.15) is 5.75 Å². The van der Waals surface area contributed by atoms with E-state index in [-0.39, 0.29) is 29.2 Å². The van der Waals surface area contributed by atoms with Crippen LogP contribution in [0.5, 0.6) is 5.75 Å². The second kappa shape index (κ2) is 9.76. The van der Waals surface area contributed by atoms with Gasteiger partial charge >= 0.3 is 6.18 Å². The van der Waals surface area contributed by atoms with Crippen molar-refractivity contribution >= 4 is 11.6 Å². The fourth-order valence-electron chi connectivity index (χ4n) is 3.56. The highest BCUT2D eigenvalue weighted by atomic mass is 19.4. The molecule has 1 amide bonds. The molecule has 1 aliphatic rings. The van der Waals surface area contributed by atoms with Gasteiger partial charge in [0, 0.05) is 18.2 Å². The van der Waals surface area contributed by atoms with E-state index in [1.54, 1.807) is 4.90 Å². The first-order chi connectivity index (χ1) is 15.1. The van der Waals surface area contributed by atoms with Crippen molar-refractivity contribution in [2.45, 2.75) is 59.0 Å². The van der Waals surface area contributed by atoms with Gasteiger partial charge in [0.05, 0.1) is 17.8 Å². The van der Waals surface area contributed by atoms with Crippen LogP contribution < -0.4 is 4.74 Å². The molecule has 0 fully saturated rings. The number of carbonyl (C=O) groups is 1. The van der Waals surface area contributed by atoms with Gasteiger partial charge in [-0.25, -0.2) is 0 Å². The minimum atomic E-state index is -4.53. The van der Waals surface area contributed by atoms with Crippen LogP contribution >= 0.6 is 0 Å². The molecule has 1 aliphatic heterocycles. The van der Waals surface area contributed by atoms with Gasteiger partial charge in [0.2, 0.25) is 0 Å². The van der Waals surface area contributed by atoms with Crippen LogP contribution in [-0.4, -0.2) is 35.2 Å². The molecule has 0 radical (unpaired) electrons. The summed E-state index contributed by atoms with van der Waals surface area (Å²) in [6.45, 7) is 8.47. The maximum atomic E-state index is 13.6. The number of carbonyl (C=O) groups excluding carboxylic acids is 1. The molecule has 1 atom stereocenters. The number of alkyl halides is 3. The molecule has 0 aliphatic carbocycles. The van der Waals surface area contributed by atoms with Gasteiger partial charge in [-0.15, -0.1) is 0 Å². The molecule has 1 unspecified atom stereocenters. The average molecular weight is 447 g/mol. The van der Waals surface area contributed by atoms with Crippen LogP contribution in [0.3, 0.4) is 0 Å². The molecule has 3 rings (SSSR count). The van der Waals surface area contributed by atoms with Gasteiger partial charge < -0.3 is 9.64 Å². The third-order valence-electron chi connectivity index (χ3n) is 5.26. The zero-order chi connectivity index (χ0) is 23.5. The maximum Gasteiger partial charge on any atom is 0.417 e. The summed E-state index contributed by atoms with van der Waals surface area (Å²) in [7, 11) is 0. The van der Waals surface area contributed by atoms with E-state index in [1.165, 1.54) is 12.1 Å². The van der Waals surface area contributed by atoms with Gasteiger partial charge in [-0.3, -0.25) is 9.79 Å². The van der Waals surface area contributed by atoms with E-state index >= 15 is 0 Å². The standard InChI is InChI=1S/C25H29F3N2O2/c1-16(2)12-23(24(31)30(17(3)4)15-18-8-6-5-7-9-18)32-19-10-11-20(22-14-29-22)21(13-19)25(26,27)28/h5-11,13,16-17,23H,12,14-15H2,1-4H3. The molecule has 32 heavy (non-hydrogen) atoms. The second-order valence-electron chi connectivity index (χ2n) is 8.75. The highest BCUT2D eigenvalue weighted by molar-refractivity contribution is 6.11. The molecule has 0 N–H and O–H groups in total. The third kappa shape index (κ3) is 6.11. The zero-order valence-electron chi connectivity index (χ0n) is 18.8. The molecule has 7 heteroatoms. The van der Waals surface area contributed by atoms with Crippen molar-refractivity contribution in [3.63, 3.8) is 0 Å². The lowest BCUT2D eigenvalue weighted by molar-refractivity contribution is -0.142. The number of hydrogen-bond acceptors (Lipinski definition) is 3. The Morgan fingerprint density at radius 3 is 2.28 bits per heavy atom. The molecule has 0 spiro atoms. The summed E-state index contributed by atoms with van der Waals surface area (Å²) >= 11 is 0. The van der Waals surface area contributed by atoms with Crippen LogP contribution in [0.15, 0.2) is 53.5 Å². The smallest absolute Gasteiger partial charge is 0.417 e. The van der Waals surface area contributed by atoms with Crippen molar-refractivity contribution in [1.82, 2.24) is 4.90 Å². The fourth-order valence-corrected chi connectivity index (χ4v) is 3.56. The Labute approximate surface area is 187 Å². The largest absolute Gasteiger partial charge is 0.481 e. The number of nitrogens with zero attached hydrogens (tertiary/aromatic N) is 2. The molecule has 2 aromatic rings. The van der Waals surface area contributed by atoms with Crippen LogP contribution in [-0.2, 0) is 17.5 Å². The average Bonchev–Trinajstić information content (AvgIpc) is 3.56. The van der Waals surface area contributed by atoms with E-state index in [9.17, 15) is 18.0 Å². The van der Waals surface area contributed by atoms with Crippen molar-refractivity contribution in [3.8, 4) is 5.75 Å². The highest BCUT2D eigenvalue weighted by Gasteiger charge is 2.37. The number of aliphatic imine (C=N–C) groups is 1. The molecule has 0 saturated heterocycles. The number of benzene rings is 2. The van der Waals surface area contributed by atoms with E-state index in [4.69, 9.17) is 4.74 Å². The molecule has 1 heterocycles. The summed E-state index contributed by atoms with van der Waals surface area (Å²) in [5, 5.41) is 0. The lowest BCUT2D eigenvalue weighted by Crippen LogP contribution is -2.45. The van der Waals surface area contributed by atoms with Crippen molar-refractivity contribution < 1.29 is 22.7 Å². The first-order valence-corrected chi connectivity index (χ1v) is 10.8. The van der Waals surface area contributed by atoms with Crippen LogP contribution in [0, 0.1) is 5.92 Å². The maximum absolute atomic E-state index is 13.6. The molecule has 0 saturated carbocycles. The molecule has 2 aromatic carbocycles. The van der Waals surface area contributed by atoms with Crippen LogP contribution in [0.25, 0.3) is 0 Å².